The zero-order valence-corrected chi connectivity index (χ0v) is 8.26. The summed E-state index contributed by atoms with van der Waals surface area (Å²) in [6.07, 6.45) is 3.40. The molecule has 0 heterocycles. The van der Waals surface area contributed by atoms with E-state index >= 15 is 0 Å². The molecule has 0 saturated heterocycles. The third-order valence-electron chi connectivity index (χ3n) is 2.36. The van der Waals surface area contributed by atoms with Gasteiger partial charge in [-0.1, -0.05) is 25.9 Å². The lowest BCUT2D eigenvalue weighted by molar-refractivity contribution is 0.231. The second-order valence-corrected chi connectivity index (χ2v) is 4.64. The first-order chi connectivity index (χ1) is 5.53. The summed E-state index contributed by atoms with van der Waals surface area (Å²) in [5.41, 5.74) is 1.54. The van der Waals surface area contributed by atoms with E-state index in [-0.39, 0.29) is 0 Å². The predicted molar refractivity (Wildman–Crippen MR) is 50.7 cm³/mol. The third-order valence-corrected chi connectivity index (χ3v) is 2.36. The molecule has 0 aromatic heterocycles. The average molecular weight is 168 g/mol. The number of hydrogen-bond acceptors (Lipinski definition) is 2. The van der Waals surface area contributed by atoms with Crippen LogP contribution in [0.5, 0.6) is 0 Å². The monoisotopic (exact) mass is 168 g/mol. The van der Waals surface area contributed by atoms with Crippen molar-refractivity contribution in [3.05, 3.63) is 7.11 Å². The molecular formula is C10H18NO. The fourth-order valence-corrected chi connectivity index (χ4v) is 2.28. The van der Waals surface area contributed by atoms with Crippen molar-refractivity contribution < 1.29 is 4.84 Å². The number of nitrogens with zero attached hydrogens (tertiary/aromatic N) is 1. The minimum absolute atomic E-state index is 0.384. The van der Waals surface area contributed by atoms with Gasteiger partial charge in [-0.25, -0.2) is 0 Å². The van der Waals surface area contributed by atoms with Gasteiger partial charge in [0.25, 0.3) is 0 Å². The van der Waals surface area contributed by atoms with Gasteiger partial charge < -0.3 is 4.84 Å². The standard InChI is InChI=1S/C10H18NO/c1-8-5-9(11-12-4)7-10(2,3)6-8/h8H,4-7H2,1-3H3/b11-9+. The molecule has 1 saturated carbocycles. The Kier molecular flexibility index (Phi) is 2.76. The minimum atomic E-state index is 0.384. The molecular weight excluding hydrogens is 150 g/mol. The van der Waals surface area contributed by atoms with Gasteiger partial charge in [-0.15, -0.1) is 0 Å². The van der Waals surface area contributed by atoms with Gasteiger partial charge in [0, 0.05) is 0 Å². The van der Waals surface area contributed by atoms with Crippen LogP contribution in [0.25, 0.3) is 0 Å². The maximum Gasteiger partial charge on any atom is 0.153 e. The van der Waals surface area contributed by atoms with Gasteiger partial charge in [-0.2, -0.15) is 0 Å². The summed E-state index contributed by atoms with van der Waals surface area (Å²) in [6.45, 7) is 6.82. The molecule has 0 aromatic rings. The molecule has 0 spiro atoms. The van der Waals surface area contributed by atoms with Gasteiger partial charge in [0.05, 0.1) is 5.71 Å². The van der Waals surface area contributed by atoms with Crippen LogP contribution in [0.3, 0.4) is 0 Å². The van der Waals surface area contributed by atoms with E-state index < -0.39 is 0 Å². The highest BCUT2D eigenvalue weighted by atomic mass is 16.6. The number of rotatable bonds is 1. The Morgan fingerprint density at radius 1 is 1.58 bits per heavy atom. The first kappa shape index (κ1) is 9.56. The number of hydrogen-bond donors (Lipinski definition) is 0. The molecule has 1 aliphatic carbocycles. The quantitative estimate of drug-likeness (QED) is 0.551. The zero-order valence-electron chi connectivity index (χ0n) is 8.26. The van der Waals surface area contributed by atoms with Crippen LogP contribution in [0.1, 0.15) is 40.0 Å². The first-order valence-corrected chi connectivity index (χ1v) is 4.50. The molecule has 0 amide bonds. The maximum absolute atomic E-state index is 4.56. The van der Waals surface area contributed by atoms with Crippen LogP contribution in [0.4, 0.5) is 0 Å². The fourth-order valence-electron chi connectivity index (χ4n) is 2.28. The SMILES string of the molecule is [CH2]O/N=C1\CC(C)CC(C)(C)C1. The van der Waals surface area contributed by atoms with Crippen molar-refractivity contribution in [3.8, 4) is 0 Å². The van der Waals surface area contributed by atoms with Crippen LogP contribution >= 0.6 is 0 Å². The van der Waals surface area contributed by atoms with Crippen molar-refractivity contribution >= 4 is 5.71 Å². The molecule has 2 heteroatoms. The molecule has 2 nitrogen and oxygen atoms in total. The second kappa shape index (κ2) is 3.46. The molecule has 1 atom stereocenters. The zero-order chi connectivity index (χ0) is 9.19. The molecule has 1 aliphatic rings. The van der Waals surface area contributed by atoms with Crippen molar-refractivity contribution in [1.29, 1.82) is 0 Å². The molecule has 12 heavy (non-hydrogen) atoms. The van der Waals surface area contributed by atoms with E-state index in [1.165, 1.54) is 6.42 Å². The van der Waals surface area contributed by atoms with Gasteiger partial charge in [-0.3, -0.25) is 0 Å². The van der Waals surface area contributed by atoms with Gasteiger partial charge in [0.15, 0.2) is 7.11 Å². The number of oxime groups is 1. The molecule has 0 bridgehead atoms. The third kappa shape index (κ3) is 2.50. The Labute approximate surface area is 75.0 Å². The van der Waals surface area contributed by atoms with Crippen molar-refractivity contribution in [2.75, 3.05) is 0 Å². The molecule has 1 radical (unpaired) electrons. The van der Waals surface area contributed by atoms with E-state index in [2.05, 4.69) is 37.9 Å². The highest BCUT2D eigenvalue weighted by molar-refractivity contribution is 5.85. The molecule has 1 unspecified atom stereocenters. The van der Waals surface area contributed by atoms with Crippen molar-refractivity contribution in [3.63, 3.8) is 0 Å². The Hall–Kier alpha value is -0.530. The summed E-state index contributed by atoms with van der Waals surface area (Å²) in [6, 6.07) is 0. The lowest BCUT2D eigenvalue weighted by atomic mass is 9.72. The average Bonchev–Trinajstić information content (AvgIpc) is 1.82. The van der Waals surface area contributed by atoms with Crippen LogP contribution in [0, 0.1) is 18.4 Å². The summed E-state index contributed by atoms with van der Waals surface area (Å²) >= 11 is 0. The van der Waals surface area contributed by atoms with Crippen LogP contribution in [0.15, 0.2) is 5.16 Å². The Morgan fingerprint density at radius 2 is 2.25 bits per heavy atom. The molecule has 1 fully saturated rings. The van der Waals surface area contributed by atoms with Crippen molar-refractivity contribution in [2.24, 2.45) is 16.5 Å². The fraction of sp³-hybridized carbons (Fsp3) is 0.800. The van der Waals surface area contributed by atoms with Gasteiger partial charge in [0.1, 0.15) is 0 Å². The first-order valence-electron chi connectivity index (χ1n) is 4.50. The lowest BCUT2D eigenvalue weighted by Crippen LogP contribution is -2.27. The van der Waals surface area contributed by atoms with Crippen LogP contribution in [-0.4, -0.2) is 5.71 Å². The van der Waals surface area contributed by atoms with Crippen molar-refractivity contribution in [1.82, 2.24) is 0 Å². The highest BCUT2D eigenvalue weighted by Crippen LogP contribution is 2.36. The van der Waals surface area contributed by atoms with Crippen molar-refractivity contribution in [2.45, 2.75) is 40.0 Å². The van der Waals surface area contributed by atoms with E-state index in [4.69, 9.17) is 0 Å². The normalized spacial score (nSPS) is 32.0. The van der Waals surface area contributed by atoms with Crippen LogP contribution in [0.2, 0.25) is 0 Å². The summed E-state index contributed by atoms with van der Waals surface area (Å²) in [5, 5.41) is 3.94. The van der Waals surface area contributed by atoms with Crippen LogP contribution in [-0.2, 0) is 4.84 Å². The predicted octanol–water partition coefficient (Wildman–Crippen LogP) is 3.00. The summed E-state index contributed by atoms with van der Waals surface area (Å²) in [4.78, 5) is 4.56. The van der Waals surface area contributed by atoms with E-state index in [0.29, 0.717) is 5.41 Å². The smallest absolute Gasteiger partial charge is 0.153 e. The molecule has 0 N–H and O–H groups in total. The lowest BCUT2D eigenvalue weighted by Gasteiger charge is -2.33. The van der Waals surface area contributed by atoms with E-state index in [1.54, 1.807) is 0 Å². The summed E-state index contributed by atoms with van der Waals surface area (Å²) in [7, 11) is 3.27. The van der Waals surface area contributed by atoms with Gasteiger partial charge in [0.2, 0.25) is 0 Å². The van der Waals surface area contributed by atoms with E-state index in [0.717, 1.165) is 24.5 Å². The molecule has 1 rings (SSSR count). The molecule has 0 aliphatic heterocycles. The molecule has 0 aromatic carbocycles. The van der Waals surface area contributed by atoms with E-state index in [9.17, 15) is 0 Å². The summed E-state index contributed by atoms with van der Waals surface area (Å²) < 4.78 is 0. The highest BCUT2D eigenvalue weighted by Gasteiger charge is 2.29. The minimum Gasteiger partial charge on any atom is -0.392 e. The Bertz CT molecular complexity index is 184. The Morgan fingerprint density at radius 3 is 2.75 bits per heavy atom. The maximum atomic E-state index is 4.56. The van der Waals surface area contributed by atoms with Gasteiger partial charge >= 0.3 is 0 Å². The summed E-state index contributed by atoms with van der Waals surface area (Å²) in [5.74, 6) is 0.725. The van der Waals surface area contributed by atoms with Crippen LogP contribution < -0.4 is 0 Å². The largest absolute Gasteiger partial charge is 0.392 e. The molecule has 69 valence electrons. The van der Waals surface area contributed by atoms with Gasteiger partial charge in [-0.05, 0) is 30.6 Å². The second-order valence-electron chi connectivity index (χ2n) is 4.64. The van der Waals surface area contributed by atoms with E-state index in [1.807, 2.05) is 0 Å². The topological polar surface area (TPSA) is 21.6 Å². The Balaban J connectivity index is 2.64.